The smallest absolute Gasteiger partial charge is 0.317 e. The summed E-state index contributed by atoms with van der Waals surface area (Å²) in [5, 5.41) is 3.17. The largest absolute Gasteiger partial charge is 0.371 e. The summed E-state index contributed by atoms with van der Waals surface area (Å²) in [4.78, 5) is 14.6. The maximum atomic E-state index is 12.7. The minimum absolute atomic E-state index is 0.0415. The summed E-state index contributed by atoms with van der Waals surface area (Å²) in [7, 11) is -2.06. The van der Waals surface area contributed by atoms with E-state index in [-0.39, 0.29) is 11.6 Å². The first kappa shape index (κ1) is 20.9. The number of carbonyl (C=O) groups excluding carboxylic acids is 1. The molecule has 0 bridgehead atoms. The second-order valence-corrected chi connectivity index (χ2v) is 11.2. The maximum Gasteiger partial charge on any atom is 0.317 e. The molecule has 1 aliphatic carbocycles. The van der Waals surface area contributed by atoms with Gasteiger partial charge in [-0.3, -0.25) is 0 Å². The first-order valence-electron chi connectivity index (χ1n) is 10.8. The summed E-state index contributed by atoms with van der Waals surface area (Å²) >= 11 is 0. The summed E-state index contributed by atoms with van der Waals surface area (Å²) in [6, 6.07) is 0.0415. The van der Waals surface area contributed by atoms with E-state index >= 15 is 0 Å². The van der Waals surface area contributed by atoms with Gasteiger partial charge in [0, 0.05) is 40.9 Å². The lowest BCUT2D eigenvalue weighted by atomic mass is 9.81. The lowest BCUT2D eigenvalue weighted by Gasteiger charge is -2.45. The van der Waals surface area contributed by atoms with Crippen molar-refractivity contribution in [3.63, 3.8) is 0 Å². The van der Waals surface area contributed by atoms with Crippen LogP contribution in [0.25, 0.3) is 0 Å². The molecule has 3 fully saturated rings. The number of amides is 2. The molecule has 0 aromatic carbocycles. The molecule has 0 atom stereocenters. The number of carbonyl (C=O) groups is 1. The Morgan fingerprint density at radius 3 is 2.48 bits per heavy atom. The van der Waals surface area contributed by atoms with Gasteiger partial charge < -0.3 is 15.0 Å². The van der Waals surface area contributed by atoms with Crippen molar-refractivity contribution in [3.8, 4) is 0 Å². The number of nitrogens with zero attached hydrogens (tertiary/aromatic N) is 2. The minimum atomic E-state index is -2.06. The predicted octanol–water partition coefficient (Wildman–Crippen LogP) is 3.27. The molecule has 0 aromatic rings. The fourth-order valence-corrected chi connectivity index (χ4v) is 7.11. The van der Waals surface area contributed by atoms with Crippen LogP contribution in [0.4, 0.5) is 4.79 Å². The van der Waals surface area contributed by atoms with Crippen molar-refractivity contribution in [3.05, 3.63) is 0 Å². The van der Waals surface area contributed by atoms with E-state index in [2.05, 4.69) is 16.6 Å². The number of nitrogens with one attached hydrogen (secondary N) is 1. The van der Waals surface area contributed by atoms with E-state index in [0.717, 1.165) is 25.3 Å². The van der Waals surface area contributed by atoms with E-state index in [4.69, 9.17) is 4.74 Å². The van der Waals surface area contributed by atoms with Crippen molar-refractivity contribution in [2.24, 2.45) is 16.2 Å². The SMILES string of the molecule is CCN=S1(=O)CCC2(CC1)CN(C(=O)NCC1CCC(CC)CC1)CCO2. The zero-order valence-corrected chi connectivity index (χ0v) is 17.9. The first-order valence-corrected chi connectivity index (χ1v) is 12.7. The number of rotatable bonds is 4. The highest BCUT2D eigenvalue weighted by Crippen LogP contribution is 2.32. The van der Waals surface area contributed by atoms with E-state index in [9.17, 15) is 9.00 Å². The average molecular weight is 400 g/mol. The number of hydrogen-bond acceptors (Lipinski definition) is 4. The van der Waals surface area contributed by atoms with Gasteiger partial charge in [0.25, 0.3) is 0 Å². The standard InChI is InChI=1S/C20H37N3O3S/c1-3-17-5-7-18(8-6-17)15-21-19(24)23-11-12-26-20(16-23)9-13-27(25,14-10-20)22-4-2/h17-18H,3-16H2,1-2H3,(H,21,24). The molecule has 27 heavy (non-hydrogen) atoms. The molecular formula is C20H37N3O3S. The molecule has 2 amide bonds. The molecule has 1 N–H and O–H groups in total. The van der Waals surface area contributed by atoms with Crippen LogP contribution in [-0.4, -0.2) is 65.0 Å². The Morgan fingerprint density at radius 2 is 1.85 bits per heavy atom. The monoisotopic (exact) mass is 399 g/mol. The fraction of sp³-hybridized carbons (Fsp3) is 0.950. The summed E-state index contributed by atoms with van der Waals surface area (Å²) in [6.07, 6.45) is 7.84. The van der Waals surface area contributed by atoms with Crippen molar-refractivity contribution >= 4 is 15.8 Å². The normalized spacial score (nSPS) is 37.2. The zero-order valence-electron chi connectivity index (χ0n) is 17.1. The van der Waals surface area contributed by atoms with E-state index in [1.807, 2.05) is 11.8 Å². The van der Waals surface area contributed by atoms with Crippen molar-refractivity contribution in [1.29, 1.82) is 0 Å². The van der Waals surface area contributed by atoms with E-state index in [1.54, 1.807) is 0 Å². The highest BCUT2D eigenvalue weighted by Gasteiger charge is 2.42. The summed E-state index contributed by atoms with van der Waals surface area (Å²) in [6.45, 7) is 7.45. The molecule has 7 heteroatoms. The summed E-state index contributed by atoms with van der Waals surface area (Å²) in [5.74, 6) is 2.70. The molecule has 1 spiro atoms. The average Bonchev–Trinajstić information content (AvgIpc) is 2.70. The lowest BCUT2D eigenvalue weighted by Crippen LogP contribution is -2.58. The van der Waals surface area contributed by atoms with Crippen LogP contribution in [0, 0.1) is 11.8 Å². The van der Waals surface area contributed by atoms with Gasteiger partial charge in [-0.15, -0.1) is 0 Å². The number of morpholine rings is 1. The molecule has 0 radical (unpaired) electrons. The third-order valence-corrected chi connectivity index (χ3v) is 9.15. The Kier molecular flexibility index (Phi) is 7.06. The van der Waals surface area contributed by atoms with Gasteiger partial charge in [0.2, 0.25) is 0 Å². The van der Waals surface area contributed by atoms with Crippen molar-refractivity contribution < 1.29 is 13.7 Å². The molecule has 0 aromatic heterocycles. The summed E-state index contributed by atoms with van der Waals surface area (Å²) in [5.41, 5.74) is -0.320. The Morgan fingerprint density at radius 1 is 1.19 bits per heavy atom. The van der Waals surface area contributed by atoms with Crippen LogP contribution in [0.1, 0.15) is 58.8 Å². The Bertz CT molecular complexity index is 608. The van der Waals surface area contributed by atoms with E-state index in [0.29, 0.717) is 43.7 Å². The highest BCUT2D eigenvalue weighted by atomic mass is 32.2. The molecule has 1 saturated carbocycles. The number of ether oxygens (including phenoxy) is 1. The van der Waals surface area contributed by atoms with Crippen LogP contribution in [0.5, 0.6) is 0 Å². The van der Waals surface area contributed by atoms with Gasteiger partial charge in [-0.25, -0.2) is 13.4 Å². The van der Waals surface area contributed by atoms with Crippen molar-refractivity contribution in [2.45, 2.75) is 64.4 Å². The van der Waals surface area contributed by atoms with Gasteiger partial charge in [-0.2, -0.15) is 0 Å². The van der Waals surface area contributed by atoms with Gasteiger partial charge in [0.05, 0.1) is 18.8 Å². The van der Waals surface area contributed by atoms with Crippen LogP contribution >= 0.6 is 0 Å². The Hall–Kier alpha value is -0.820. The Labute approximate surface area is 165 Å². The number of hydrogen-bond donors (Lipinski definition) is 1. The first-order chi connectivity index (χ1) is 13.0. The van der Waals surface area contributed by atoms with Gasteiger partial charge in [-0.1, -0.05) is 26.2 Å². The fourth-order valence-electron chi connectivity index (χ4n) is 4.79. The minimum Gasteiger partial charge on any atom is -0.371 e. The third-order valence-electron chi connectivity index (χ3n) is 6.74. The van der Waals surface area contributed by atoms with Crippen LogP contribution < -0.4 is 5.32 Å². The van der Waals surface area contributed by atoms with Gasteiger partial charge >= 0.3 is 6.03 Å². The summed E-state index contributed by atoms with van der Waals surface area (Å²) < 4.78 is 23.1. The van der Waals surface area contributed by atoms with E-state index < -0.39 is 9.73 Å². The van der Waals surface area contributed by atoms with Crippen LogP contribution in [0.3, 0.4) is 0 Å². The van der Waals surface area contributed by atoms with Gasteiger partial charge in [0.1, 0.15) is 0 Å². The molecule has 2 saturated heterocycles. The molecule has 3 rings (SSSR count). The van der Waals surface area contributed by atoms with Crippen molar-refractivity contribution in [2.75, 3.05) is 44.3 Å². The van der Waals surface area contributed by atoms with Gasteiger partial charge in [-0.05, 0) is 44.4 Å². The Balaban J connectivity index is 1.47. The molecule has 156 valence electrons. The predicted molar refractivity (Wildman–Crippen MR) is 109 cm³/mol. The van der Waals surface area contributed by atoms with Crippen LogP contribution in [0.15, 0.2) is 4.36 Å². The molecule has 3 aliphatic rings. The second kappa shape index (κ2) is 9.12. The van der Waals surface area contributed by atoms with Crippen LogP contribution in [-0.2, 0) is 14.5 Å². The van der Waals surface area contributed by atoms with Gasteiger partial charge in [0.15, 0.2) is 0 Å². The quantitative estimate of drug-likeness (QED) is 0.789. The maximum absolute atomic E-state index is 12.7. The highest BCUT2D eigenvalue weighted by molar-refractivity contribution is 7.93. The zero-order chi connectivity index (χ0) is 19.3. The second-order valence-electron chi connectivity index (χ2n) is 8.56. The lowest BCUT2D eigenvalue weighted by molar-refractivity contribution is -0.102. The molecular weight excluding hydrogens is 362 g/mol. The third kappa shape index (κ3) is 5.37. The number of urea groups is 1. The topological polar surface area (TPSA) is 71.0 Å². The van der Waals surface area contributed by atoms with E-state index in [1.165, 1.54) is 32.1 Å². The molecule has 2 aliphatic heterocycles. The molecule has 6 nitrogen and oxygen atoms in total. The van der Waals surface area contributed by atoms with Crippen LogP contribution in [0.2, 0.25) is 0 Å². The molecule has 2 heterocycles. The van der Waals surface area contributed by atoms with Crippen molar-refractivity contribution in [1.82, 2.24) is 10.2 Å². The molecule has 0 unspecified atom stereocenters.